The van der Waals surface area contributed by atoms with Gasteiger partial charge in [-0.15, -0.1) is 0 Å². The van der Waals surface area contributed by atoms with E-state index < -0.39 is 14.8 Å². The van der Waals surface area contributed by atoms with Crippen LogP contribution < -0.4 is 5.11 Å². The summed E-state index contributed by atoms with van der Waals surface area (Å²) in [5.74, 6) is -0.119. The highest BCUT2D eigenvalue weighted by atomic mass is 31.2. The third-order valence-electron chi connectivity index (χ3n) is 6.04. The third-order valence-corrected chi connectivity index (χ3v) is 6.78. The molecule has 0 rings (SSSR count). The molecule has 0 bridgehead atoms. The number of quaternary nitrogens is 1. The van der Waals surface area contributed by atoms with E-state index in [0.717, 1.165) is 12.7 Å². The first kappa shape index (κ1) is 33.9. The van der Waals surface area contributed by atoms with E-state index in [0.29, 0.717) is 19.6 Å². The van der Waals surface area contributed by atoms with Crippen LogP contribution in [0.5, 0.6) is 0 Å². The van der Waals surface area contributed by atoms with Gasteiger partial charge in [0.15, 0.2) is 0 Å². The molecule has 0 aromatic heterocycles. The van der Waals surface area contributed by atoms with Crippen LogP contribution in [0.25, 0.3) is 0 Å². The highest BCUT2D eigenvalue weighted by Gasteiger charge is 2.18. The number of rotatable bonds is 26. The molecule has 0 aliphatic carbocycles. The molecule has 1 N–H and O–H groups in total. The lowest BCUT2D eigenvalue weighted by Crippen LogP contribution is -2.55. The number of ether oxygens (including phenoxy) is 1. The molecule has 0 radical (unpaired) electrons. The maximum absolute atomic E-state index is 11.9. The summed E-state index contributed by atoms with van der Waals surface area (Å²) in [5.41, 5.74) is 0. The number of hydrogen-bond acceptors (Lipinski definition) is 6. The zero-order valence-corrected chi connectivity index (χ0v) is 23.4. The lowest BCUT2D eigenvalue weighted by molar-refractivity contribution is -0.969. The van der Waals surface area contributed by atoms with Crippen molar-refractivity contribution in [3.05, 3.63) is 0 Å². The van der Waals surface area contributed by atoms with Crippen molar-refractivity contribution in [1.82, 2.24) is 0 Å². The Morgan fingerprint density at radius 1 is 0.794 bits per heavy atom. The lowest BCUT2D eigenvalue weighted by Gasteiger charge is -2.38. The molecule has 0 aromatic carbocycles. The highest BCUT2D eigenvalue weighted by Crippen LogP contribution is 2.33. The Hall–Kier alpha value is -0.140. The van der Waals surface area contributed by atoms with Gasteiger partial charge in [-0.3, -0.25) is 0 Å². The number of carbonyl (C=O) groups is 1. The molecule has 7 nitrogen and oxygen atoms in total. The van der Waals surface area contributed by atoms with Crippen molar-refractivity contribution in [3.63, 3.8) is 0 Å². The van der Waals surface area contributed by atoms with E-state index in [1.165, 1.54) is 83.5 Å². The second kappa shape index (κ2) is 23.3. The summed E-state index contributed by atoms with van der Waals surface area (Å²) in [6.45, 7) is 3.41. The summed E-state index contributed by atoms with van der Waals surface area (Å²) >= 11 is 0. The second-order valence-electron chi connectivity index (χ2n) is 10.3. The third kappa shape index (κ3) is 22.3. The zero-order chi connectivity index (χ0) is 25.5. The Bertz CT molecular complexity index is 449. The van der Waals surface area contributed by atoms with Crippen LogP contribution in [0.3, 0.4) is 0 Å². The van der Waals surface area contributed by atoms with Gasteiger partial charge in [0.2, 0.25) is 0 Å². The molecule has 0 spiro atoms. The molecule has 0 aliphatic heterocycles. The average molecular weight is 508 g/mol. The number of unbranched alkanes of at least 4 members (excludes halogenated alkanes) is 13. The molecule has 204 valence electrons. The van der Waals surface area contributed by atoms with Crippen molar-refractivity contribution in [1.29, 1.82) is 0 Å². The Labute approximate surface area is 211 Å². The molecule has 8 heteroatoms. The van der Waals surface area contributed by atoms with Crippen molar-refractivity contribution < 1.29 is 33.1 Å². The molecule has 3 unspecified atom stereocenters. The Morgan fingerprint density at radius 2 is 1.26 bits per heavy atom. The highest BCUT2D eigenvalue weighted by molar-refractivity contribution is 7.40. The van der Waals surface area contributed by atoms with E-state index in [1.807, 2.05) is 0 Å². The molecule has 0 fully saturated rings. The van der Waals surface area contributed by atoms with Crippen LogP contribution in [0.2, 0.25) is 0 Å². The minimum atomic E-state index is -2.12. The van der Waals surface area contributed by atoms with E-state index in [4.69, 9.17) is 13.8 Å². The minimum Gasteiger partial charge on any atom is -0.804 e. The van der Waals surface area contributed by atoms with Gasteiger partial charge in [-0.2, -0.15) is 0 Å². The van der Waals surface area contributed by atoms with Crippen LogP contribution in [0.15, 0.2) is 0 Å². The molecular formula is C26H54NO6P. The average Bonchev–Trinajstić information content (AvgIpc) is 2.79. The summed E-state index contributed by atoms with van der Waals surface area (Å²) in [5, 5.41) is 11.9. The normalized spacial score (nSPS) is 14.8. The van der Waals surface area contributed by atoms with Crippen LogP contribution in [0.1, 0.15) is 103 Å². The van der Waals surface area contributed by atoms with Crippen LogP contribution in [-0.4, -0.2) is 69.5 Å². The Kier molecular flexibility index (Phi) is 23.2. The topological polar surface area (TPSA) is 88.1 Å². The van der Waals surface area contributed by atoms with Crippen molar-refractivity contribution >= 4 is 14.9 Å². The minimum absolute atomic E-state index is 0.119. The fourth-order valence-electron chi connectivity index (χ4n) is 3.53. The summed E-state index contributed by atoms with van der Waals surface area (Å²) < 4.78 is 16.4. The summed E-state index contributed by atoms with van der Waals surface area (Å²) in [4.78, 5) is 20.8. The number of hydrogen-bond donors (Lipinski definition) is 1. The predicted octanol–water partition coefficient (Wildman–Crippen LogP) is 5.33. The number of likely N-dealkylation sites (N-methyl/N-ethyl adjacent to an activating group) is 1. The fourth-order valence-corrected chi connectivity index (χ4v) is 4.19. The SMILES string of the molecule is CCCCCCCCCCCCCCCCOCC(CC=O)COP(O)OCC([O-])[N+](C)(C)C. The fraction of sp³-hybridized carbons (Fsp3) is 0.962. The summed E-state index contributed by atoms with van der Waals surface area (Å²) in [6, 6.07) is 0. The largest absolute Gasteiger partial charge is 0.804 e. The quantitative estimate of drug-likeness (QED) is 0.0559. The lowest BCUT2D eigenvalue weighted by atomic mass is 10.0. The van der Waals surface area contributed by atoms with Gasteiger partial charge in [0.05, 0.1) is 41.0 Å². The second-order valence-corrected chi connectivity index (χ2v) is 11.3. The first-order valence-electron chi connectivity index (χ1n) is 13.5. The standard InChI is InChI=1S/C26H54NO6P/c1-5-6-7-8-9-10-11-12-13-14-15-16-17-18-21-31-22-25(19-20-28)23-32-34(30)33-24-26(29)27(2,3)4/h20,25-26,30H,5-19,21-24H2,1-4H3. The Balaban J connectivity index is 3.60. The monoisotopic (exact) mass is 507 g/mol. The van der Waals surface area contributed by atoms with Crippen LogP contribution >= 0.6 is 8.60 Å². The first-order chi connectivity index (χ1) is 16.3. The van der Waals surface area contributed by atoms with Crippen molar-refractivity contribution in [2.24, 2.45) is 5.92 Å². The smallest absolute Gasteiger partial charge is 0.330 e. The zero-order valence-electron chi connectivity index (χ0n) is 22.5. The Morgan fingerprint density at radius 3 is 1.74 bits per heavy atom. The summed E-state index contributed by atoms with van der Waals surface area (Å²) in [7, 11) is 3.20. The van der Waals surface area contributed by atoms with Gasteiger partial charge in [-0.25, -0.2) is 0 Å². The van der Waals surface area contributed by atoms with Gasteiger partial charge in [0.1, 0.15) is 6.29 Å². The van der Waals surface area contributed by atoms with Gasteiger partial charge >= 0.3 is 8.60 Å². The van der Waals surface area contributed by atoms with E-state index in [9.17, 15) is 14.8 Å². The number of carbonyl (C=O) groups excluding carboxylic acids is 1. The first-order valence-corrected chi connectivity index (χ1v) is 14.7. The molecule has 0 amide bonds. The van der Waals surface area contributed by atoms with Gasteiger partial charge in [0, 0.05) is 25.2 Å². The number of nitrogens with zero attached hydrogens (tertiary/aromatic N) is 1. The summed E-state index contributed by atoms with van der Waals surface area (Å²) in [6.07, 6.45) is 18.7. The van der Waals surface area contributed by atoms with Crippen LogP contribution in [0.4, 0.5) is 0 Å². The maximum atomic E-state index is 11.9. The van der Waals surface area contributed by atoms with Crippen LogP contribution in [-0.2, 0) is 18.6 Å². The van der Waals surface area contributed by atoms with Gasteiger partial charge < -0.3 is 33.1 Å². The van der Waals surface area contributed by atoms with Gasteiger partial charge in [0.25, 0.3) is 0 Å². The number of aldehydes is 1. The van der Waals surface area contributed by atoms with E-state index in [-0.39, 0.29) is 23.6 Å². The molecule has 34 heavy (non-hydrogen) atoms. The van der Waals surface area contributed by atoms with Crippen molar-refractivity contribution in [2.75, 3.05) is 47.6 Å². The molecule has 0 aromatic rings. The van der Waals surface area contributed by atoms with Gasteiger partial charge in [-0.05, 0) is 6.42 Å². The van der Waals surface area contributed by atoms with Crippen LogP contribution in [0, 0.1) is 5.92 Å². The molecule has 0 saturated carbocycles. The van der Waals surface area contributed by atoms with E-state index >= 15 is 0 Å². The molecule has 0 saturated heterocycles. The van der Waals surface area contributed by atoms with E-state index in [2.05, 4.69) is 6.92 Å². The maximum Gasteiger partial charge on any atom is 0.330 e. The molecular weight excluding hydrogens is 453 g/mol. The molecule has 3 atom stereocenters. The van der Waals surface area contributed by atoms with Crippen molar-refractivity contribution in [2.45, 2.75) is 109 Å². The van der Waals surface area contributed by atoms with Gasteiger partial charge in [-0.1, -0.05) is 90.4 Å². The van der Waals surface area contributed by atoms with Crippen molar-refractivity contribution in [3.8, 4) is 0 Å². The van der Waals surface area contributed by atoms with E-state index in [1.54, 1.807) is 21.1 Å². The predicted molar refractivity (Wildman–Crippen MR) is 138 cm³/mol. The molecule has 0 heterocycles. The molecule has 0 aliphatic rings.